The zero-order valence-electron chi connectivity index (χ0n) is 13.2. The predicted molar refractivity (Wildman–Crippen MR) is 83.3 cm³/mol. The molecule has 1 aromatic carbocycles. The summed E-state index contributed by atoms with van der Waals surface area (Å²) in [4.78, 5) is 0. The topological polar surface area (TPSA) is 20.2 Å². The summed E-state index contributed by atoms with van der Waals surface area (Å²) in [5.41, 5.74) is 0.393. The summed E-state index contributed by atoms with van der Waals surface area (Å²) in [6, 6.07) is 5.04. The van der Waals surface area contributed by atoms with Crippen molar-refractivity contribution in [1.82, 2.24) is 0 Å². The fourth-order valence-corrected chi connectivity index (χ4v) is 2.50. The molecule has 0 amide bonds. The van der Waals surface area contributed by atoms with E-state index in [0.29, 0.717) is 17.5 Å². The highest BCUT2D eigenvalue weighted by atomic mass is 19.1. The van der Waals surface area contributed by atoms with Gasteiger partial charge in [-0.3, -0.25) is 0 Å². The summed E-state index contributed by atoms with van der Waals surface area (Å²) >= 11 is 0. The van der Waals surface area contributed by atoms with E-state index in [-0.39, 0.29) is 5.82 Å². The van der Waals surface area contributed by atoms with Crippen LogP contribution in [-0.4, -0.2) is 5.11 Å². The van der Waals surface area contributed by atoms with Crippen LogP contribution in [0.1, 0.15) is 76.3 Å². The average Bonchev–Trinajstić information content (AvgIpc) is 2.40. The van der Waals surface area contributed by atoms with Crippen molar-refractivity contribution >= 4 is 0 Å². The fraction of sp³-hybridized carbons (Fsp3) is 0.667. The first-order chi connectivity index (χ1) is 9.47. The fourth-order valence-electron chi connectivity index (χ4n) is 2.50. The van der Waals surface area contributed by atoms with Crippen LogP contribution < -0.4 is 0 Å². The second kappa shape index (κ2) is 8.41. The van der Waals surface area contributed by atoms with Crippen molar-refractivity contribution in [2.75, 3.05) is 0 Å². The lowest BCUT2D eigenvalue weighted by molar-refractivity contribution is 0.0445. The van der Waals surface area contributed by atoms with Gasteiger partial charge in [0.2, 0.25) is 0 Å². The largest absolute Gasteiger partial charge is 0.385 e. The van der Waals surface area contributed by atoms with Gasteiger partial charge in [-0.2, -0.15) is 0 Å². The molecule has 0 aliphatic heterocycles. The Morgan fingerprint density at radius 2 is 1.65 bits per heavy atom. The SMILES string of the molecule is CCCCCCCCCC(C)(O)c1ccc(C)c(F)c1. The third kappa shape index (κ3) is 5.62. The first kappa shape index (κ1) is 17.2. The third-order valence-corrected chi connectivity index (χ3v) is 4.06. The summed E-state index contributed by atoms with van der Waals surface area (Å²) in [5.74, 6) is -0.234. The second-order valence-corrected chi connectivity index (χ2v) is 6.11. The van der Waals surface area contributed by atoms with Crippen LogP contribution in [0.5, 0.6) is 0 Å². The highest BCUT2D eigenvalue weighted by Crippen LogP contribution is 2.28. The number of benzene rings is 1. The summed E-state index contributed by atoms with van der Waals surface area (Å²) in [6.07, 6.45) is 9.27. The maximum absolute atomic E-state index is 13.6. The van der Waals surface area contributed by atoms with Crippen LogP contribution in [0.25, 0.3) is 0 Å². The lowest BCUT2D eigenvalue weighted by Crippen LogP contribution is -2.21. The van der Waals surface area contributed by atoms with Crippen molar-refractivity contribution in [3.05, 3.63) is 35.1 Å². The van der Waals surface area contributed by atoms with Gasteiger partial charge in [-0.1, -0.05) is 64.0 Å². The molecule has 0 spiro atoms. The smallest absolute Gasteiger partial charge is 0.126 e. The minimum atomic E-state index is -0.919. The van der Waals surface area contributed by atoms with Crippen LogP contribution in [0.15, 0.2) is 18.2 Å². The molecule has 2 heteroatoms. The van der Waals surface area contributed by atoms with E-state index in [2.05, 4.69) is 6.92 Å². The quantitative estimate of drug-likeness (QED) is 0.594. The van der Waals surface area contributed by atoms with E-state index in [0.717, 1.165) is 12.8 Å². The van der Waals surface area contributed by atoms with Crippen molar-refractivity contribution in [1.29, 1.82) is 0 Å². The molecular formula is C18H29FO. The van der Waals surface area contributed by atoms with E-state index in [1.165, 1.54) is 38.2 Å². The molecular weight excluding hydrogens is 251 g/mol. The van der Waals surface area contributed by atoms with E-state index >= 15 is 0 Å². The number of unbranched alkanes of at least 4 members (excludes halogenated alkanes) is 6. The Labute approximate surface area is 123 Å². The number of rotatable bonds is 9. The molecule has 0 aliphatic carbocycles. The summed E-state index contributed by atoms with van der Waals surface area (Å²) < 4.78 is 13.6. The monoisotopic (exact) mass is 280 g/mol. The van der Waals surface area contributed by atoms with Crippen LogP contribution in [0, 0.1) is 12.7 Å². The lowest BCUT2D eigenvalue weighted by atomic mass is 9.89. The number of aliphatic hydroxyl groups is 1. The second-order valence-electron chi connectivity index (χ2n) is 6.11. The van der Waals surface area contributed by atoms with Gasteiger partial charge in [-0.25, -0.2) is 4.39 Å². The van der Waals surface area contributed by atoms with Crippen molar-refractivity contribution in [2.45, 2.75) is 77.7 Å². The molecule has 0 saturated heterocycles. The van der Waals surface area contributed by atoms with Gasteiger partial charge in [-0.05, 0) is 37.5 Å². The van der Waals surface area contributed by atoms with Gasteiger partial charge in [0.05, 0.1) is 5.60 Å². The number of halogens is 1. The normalized spacial score (nSPS) is 14.2. The van der Waals surface area contributed by atoms with Crippen LogP contribution >= 0.6 is 0 Å². The maximum atomic E-state index is 13.6. The molecule has 1 aromatic rings. The molecule has 1 rings (SSSR count). The molecule has 0 radical (unpaired) electrons. The molecule has 114 valence electrons. The van der Waals surface area contributed by atoms with Gasteiger partial charge in [0.15, 0.2) is 0 Å². The highest BCUT2D eigenvalue weighted by molar-refractivity contribution is 5.27. The number of aryl methyl sites for hydroxylation is 1. The number of hydrogen-bond acceptors (Lipinski definition) is 1. The average molecular weight is 280 g/mol. The Kier molecular flexibility index (Phi) is 7.22. The zero-order valence-corrected chi connectivity index (χ0v) is 13.2. The molecule has 0 aromatic heterocycles. The Morgan fingerprint density at radius 3 is 2.25 bits per heavy atom. The molecule has 20 heavy (non-hydrogen) atoms. The van der Waals surface area contributed by atoms with E-state index in [1.807, 2.05) is 6.07 Å². The van der Waals surface area contributed by atoms with Crippen molar-refractivity contribution in [3.8, 4) is 0 Å². The van der Waals surface area contributed by atoms with Crippen LogP contribution in [0.2, 0.25) is 0 Å². The molecule has 0 aliphatic rings. The van der Waals surface area contributed by atoms with Gasteiger partial charge < -0.3 is 5.11 Å². The minimum absolute atomic E-state index is 0.234. The van der Waals surface area contributed by atoms with Crippen molar-refractivity contribution in [3.63, 3.8) is 0 Å². The standard InChI is InChI=1S/C18H29FO/c1-4-5-6-7-8-9-10-13-18(3,20)16-12-11-15(2)17(19)14-16/h11-12,14,20H,4-10,13H2,1-3H3. The molecule has 1 atom stereocenters. The van der Waals surface area contributed by atoms with Gasteiger partial charge >= 0.3 is 0 Å². The first-order valence-corrected chi connectivity index (χ1v) is 7.96. The third-order valence-electron chi connectivity index (χ3n) is 4.06. The molecule has 0 heterocycles. The number of hydrogen-bond donors (Lipinski definition) is 1. The maximum Gasteiger partial charge on any atom is 0.126 e. The Morgan fingerprint density at radius 1 is 1.05 bits per heavy atom. The van der Waals surface area contributed by atoms with E-state index in [1.54, 1.807) is 19.9 Å². The predicted octanol–water partition coefficient (Wildman–Crippen LogP) is 5.48. The van der Waals surface area contributed by atoms with Crippen molar-refractivity contribution in [2.24, 2.45) is 0 Å². The Bertz CT molecular complexity index is 398. The molecule has 0 bridgehead atoms. The Balaban J connectivity index is 2.35. The molecule has 0 fully saturated rings. The summed E-state index contributed by atoms with van der Waals surface area (Å²) in [6.45, 7) is 5.75. The highest BCUT2D eigenvalue weighted by Gasteiger charge is 2.23. The van der Waals surface area contributed by atoms with E-state index in [9.17, 15) is 9.50 Å². The van der Waals surface area contributed by atoms with Gasteiger partial charge in [-0.15, -0.1) is 0 Å². The van der Waals surface area contributed by atoms with E-state index in [4.69, 9.17) is 0 Å². The molecule has 0 saturated carbocycles. The lowest BCUT2D eigenvalue weighted by Gasteiger charge is -2.24. The molecule has 1 unspecified atom stereocenters. The van der Waals surface area contributed by atoms with Gasteiger partial charge in [0.1, 0.15) is 5.82 Å². The van der Waals surface area contributed by atoms with Gasteiger partial charge in [0, 0.05) is 0 Å². The molecule has 1 N–H and O–H groups in total. The van der Waals surface area contributed by atoms with Crippen LogP contribution in [0.3, 0.4) is 0 Å². The van der Waals surface area contributed by atoms with E-state index < -0.39 is 5.60 Å². The Hall–Kier alpha value is -0.890. The van der Waals surface area contributed by atoms with Crippen LogP contribution in [0.4, 0.5) is 4.39 Å². The summed E-state index contributed by atoms with van der Waals surface area (Å²) in [7, 11) is 0. The van der Waals surface area contributed by atoms with Gasteiger partial charge in [0.25, 0.3) is 0 Å². The van der Waals surface area contributed by atoms with Crippen molar-refractivity contribution < 1.29 is 9.50 Å². The molecule has 1 nitrogen and oxygen atoms in total. The first-order valence-electron chi connectivity index (χ1n) is 7.96. The minimum Gasteiger partial charge on any atom is -0.385 e. The zero-order chi connectivity index (χ0) is 15.0. The summed E-state index contributed by atoms with van der Waals surface area (Å²) in [5, 5.41) is 10.5. The van der Waals surface area contributed by atoms with Crippen LogP contribution in [-0.2, 0) is 5.60 Å².